The zero-order chi connectivity index (χ0) is 16.8. The van der Waals surface area contributed by atoms with E-state index in [9.17, 15) is 18.0 Å². The van der Waals surface area contributed by atoms with Crippen LogP contribution in [0.4, 0.5) is 24.5 Å². The van der Waals surface area contributed by atoms with Crippen LogP contribution >= 0.6 is 0 Å². The molecule has 122 valence electrons. The molecule has 2 aromatic carbocycles. The lowest BCUT2D eigenvalue weighted by Crippen LogP contribution is -2.22. The molecule has 0 bridgehead atoms. The first-order valence-corrected chi connectivity index (χ1v) is 6.79. The molecular weight excluding hydrogens is 309 g/mol. The first kappa shape index (κ1) is 16.7. The van der Waals surface area contributed by atoms with Crippen LogP contribution in [0.3, 0.4) is 0 Å². The number of benzene rings is 2. The van der Waals surface area contributed by atoms with Crippen molar-refractivity contribution in [2.24, 2.45) is 0 Å². The lowest BCUT2D eigenvalue weighted by Gasteiger charge is -2.12. The maximum Gasteiger partial charge on any atom is 0.387 e. The summed E-state index contributed by atoms with van der Waals surface area (Å²) in [6.07, 6.45) is 0. The highest BCUT2D eigenvalue weighted by Crippen LogP contribution is 2.25. The number of halogens is 3. The maximum absolute atomic E-state index is 13.4. The highest BCUT2D eigenvalue weighted by molar-refractivity contribution is 5.93. The monoisotopic (exact) mass is 324 g/mol. The van der Waals surface area contributed by atoms with Gasteiger partial charge in [0.05, 0.1) is 12.2 Å². The summed E-state index contributed by atoms with van der Waals surface area (Å²) in [5.41, 5.74) is 1.05. The number of alkyl halides is 2. The first-order valence-electron chi connectivity index (χ1n) is 6.79. The van der Waals surface area contributed by atoms with Crippen LogP contribution in [0.2, 0.25) is 0 Å². The second-order valence-electron chi connectivity index (χ2n) is 4.74. The molecule has 0 fully saturated rings. The quantitative estimate of drug-likeness (QED) is 0.850. The van der Waals surface area contributed by atoms with Gasteiger partial charge in [0.15, 0.2) is 0 Å². The topological polar surface area (TPSA) is 50.4 Å². The van der Waals surface area contributed by atoms with E-state index >= 15 is 0 Å². The molecule has 23 heavy (non-hydrogen) atoms. The molecular formula is C16H15F3N2O2. The summed E-state index contributed by atoms with van der Waals surface area (Å²) < 4.78 is 42.3. The minimum Gasteiger partial charge on any atom is -0.433 e. The van der Waals surface area contributed by atoms with Crippen LogP contribution in [0.25, 0.3) is 0 Å². The normalized spacial score (nSPS) is 10.5. The molecule has 0 aliphatic rings. The predicted molar refractivity (Wildman–Crippen MR) is 81.3 cm³/mol. The van der Waals surface area contributed by atoms with E-state index in [-0.39, 0.29) is 18.0 Å². The van der Waals surface area contributed by atoms with Crippen molar-refractivity contribution in [2.45, 2.75) is 13.5 Å². The van der Waals surface area contributed by atoms with E-state index in [4.69, 9.17) is 0 Å². The Morgan fingerprint density at radius 1 is 1.22 bits per heavy atom. The van der Waals surface area contributed by atoms with E-state index in [1.165, 1.54) is 24.3 Å². The van der Waals surface area contributed by atoms with Gasteiger partial charge in [-0.05, 0) is 36.8 Å². The number of amides is 1. The molecule has 0 spiro atoms. The van der Waals surface area contributed by atoms with Gasteiger partial charge in [0.1, 0.15) is 11.6 Å². The van der Waals surface area contributed by atoms with Crippen molar-refractivity contribution in [2.75, 3.05) is 17.2 Å². The molecule has 0 aromatic heterocycles. The molecule has 2 N–H and O–H groups in total. The van der Waals surface area contributed by atoms with Crippen molar-refractivity contribution in [3.05, 3.63) is 53.8 Å². The zero-order valence-electron chi connectivity index (χ0n) is 12.3. The SMILES string of the molecule is Cc1ccc(NC(=O)CNc2ccccc2OC(F)F)cc1F. The molecule has 0 atom stereocenters. The second-order valence-corrected chi connectivity index (χ2v) is 4.74. The number of carbonyl (C=O) groups excluding carboxylic acids is 1. The Morgan fingerprint density at radius 2 is 1.96 bits per heavy atom. The van der Waals surface area contributed by atoms with Gasteiger partial charge in [0, 0.05) is 5.69 Å². The maximum atomic E-state index is 13.4. The third-order valence-corrected chi connectivity index (χ3v) is 3.00. The van der Waals surface area contributed by atoms with E-state index in [0.29, 0.717) is 11.3 Å². The Labute approximate surface area is 131 Å². The number of anilines is 2. The number of ether oxygens (including phenoxy) is 1. The van der Waals surface area contributed by atoms with Gasteiger partial charge in [-0.15, -0.1) is 0 Å². The van der Waals surface area contributed by atoms with Gasteiger partial charge in [0.25, 0.3) is 0 Å². The van der Waals surface area contributed by atoms with Crippen LogP contribution in [-0.4, -0.2) is 19.1 Å². The van der Waals surface area contributed by atoms with Crippen molar-refractivity contribution in [3.8, 4) is 5.75 Å². The third-order valence-electron chi connectivity index (χ3n) is 3.00. The van der Waals surface area contributed by atoms with Crippen LogP contribution in [0.15, 0.2) is 42.5 Å². The van der Waals surface area contributed by atoms with Crippen LogP contribution in [-0.2, 0) is 4.79 Å². The standard InChI is InChI=1S/C16H15F3N2O2/c1-10-6-7-11(8-12(10)17)21-15(22)9-20-13-4-2-3-5-14(13)23-16(18)19/h2-8,16,20H,9H2,1H3,(H,21,22). The molecule has 7 heteroatoms. The smallest absolute Gasteiger partial charge is 0.387 e. The number of carbonyl (C=O) groups is 1. The summed E-state index contributed by atoms with van der Waals surface area (Å²) in [6, 6.07) is 10.4. The minimum absolute atomic E-state index is 0.0586. The van der Waals surface area contributed by atoms with Crippen molar-refractivity contribution in [3.63, 3.8) is 0 Å². The highest BCUT2D eigenvalue weighted by atomic mass is 19.3. The number of aryl methyl sites for hydroxylation is 1. The summed E-state index contributed by atoms with van der Waals surface area (Å²) in [7, 11) is 0. The fourth-order valence-corrected chi connectivity index (χ4v) is 1.86. The molecule has 0 saturated heterocycles. The van der Waals surface area contributed by atoms with Crippen LogP contribution in [0.1, 0.15) is 5.56 Å². The molecule has 0 heterocycles. The van der Waals surface area contributed by atoms with Crippen molar-refractivity contribution in [1.29, 1.82) is 0 Å². The average molecular weight is 324 g/mol. The first-order chi connectivity index (χ1) is 11.0. The van der Waals surface area contributed by atoms with Gasteiger partial charge in [-0.1, -0.05) is 18.2 Å². The Hall–Kier alpha value is -2.70. The summed E-state index contributed by atoms with van der Waals surface area (Å²) in [5.74, 6) is -0.928. The van der Waals surface area contributed by atoms with Crippen molar-refractivity contribution >= 4 is 17.3 Å². The Balaban J connectivity index is 1.95. The molecule has 0 unspecified atom stereocenters. The van der Waals surface area contributed by atoms with Crippen LogP contribution < -0.4 is 15.4 Å². The number of hydrogen-bond donors (Lipinski definition) is 2. The minimum atomic E-state index is -2.96. The molecule has 0 saturated carbocycles. The van der Waals surface area contributed by atoms with E-state index in [2.05, 4.69) is 15.4 Å². The summed E-state index contributed by atoms with van der Waals surface area (Å²) in [4.78, 5) is 11.8. The molecule has 0 aliphatic carbocycles. The largest absolute Gasteiger partial charge is 0.433 e. The zero-order valence-corrected chi connectivity index (χ0v) is 12.3. The van der Waals surface area contributed by atoms with E-state index < -0.39 is 18.3 Å². The highest BCUT2D eigenvalue weighted by Gasteiger charge is 2.10. The van der Waals surface area contributed by atoms with E-state index in [1.54, 1.807) is 25.1 Å². The predicted octanol–water partition coefficient (Wildman–Crippen LogP) is 3.79. The van der Waals surface area contributed by atoms with Gasteiger partial charge < -0.3 is 15.4 Å². The Morgan fingerprint density at radius 3 is 2.65 bits per heavy atom. The van der Waals surface area contributed by atoms with E-state index in [0.717, 1.165) is 0 Å². The van der Waals surface area contributed by atoms with Crippen LogP contribution in [0.5, 0.6) is 5.75 Å². The fraction of sp³-hybridized carbons (Fsp3) is 0.188. The van der Waals surface area contributed by atoms with Gasteiger partial charge >= 0.3 is 6.61 Å². The van der Waals surface area contributed by atoms with Crippen molar-refractivity contribution < 1.29 is 22.7 Å². The van der Waals surface area contributed by atoms with Gasteiger partial charge in [-0.3, -0.25) is 4.79 Å². The third kappa shape index (κ3) is 4.91. The number of hydrogen-bond acceptors (Lipinski definition) is 3. The molecule has 2 rings (SSSR count). The summed E-state index contributed by atoms with van der Waals surface area (Å²) >= 11 is 0. The number of rotatable bonds is 6. The van der Waals surface area contributed by atoms with Crippen LogP contribution in [0, 0.1) is 12.7 Å². The molecule has 4 nitrogen and oxygen atoms in total. The molecule has 2 aromatic rings. The Bertz CT molecular complexity index is 693. The molecule has 0 aliphatic heterocycles. The number of nitrogens with one attached hydrogen (secondary N) is 2. The fourth-order valence-electron chi connectivity index (χ4n) is 1.86. The lowest BCUT2D eigenvalue weighted by molar-refractivity contribution is -0.114. The second kappa shape index (κ2) is 7.53. The number of para-hydroxylation sites is 2. The summed E-state index contributed by atoms with van der Waals surface area (Å²) in [5, 5.41) is 5.21. The summed E-state index contributed by atoms with van der Waals surface area (Å²) in [6.45, 7) is -1.52. The van der Waals surface area contributed by atoms with Crippen molar-refractivity contribution in [1.82, 2.24) is 0 Å². The van der Waals surface area contributed by atoms with E-state index in [1.807, 2.05) is 0 Å². The van der Waals surface area contributed by atoms with Gasteiger partial charge in [-0.25, -0.2) is 4.39 Å². The Kier molecular flexibility index (Phi) is 5.46. The van der Waals surface area contributed by atoms with Gasteiger partial charge in [0.2, 0.25) is 5.91 Å². The molecule has 1 amide bonds. The molecule has 0 radical (unpaired) electrons. The average Bonchev–Trinajstić information content (AvgIpc) is 2.49. The van der Waals surface area contributed by atoms with Gasteiger partial charge in [-0.2, -0.15) is 8.78 Å². The lowest BCUT2D eigenvalue weighted by atomic mass is 10.2.